The molecule has 65 heavy (non-hydrogen) atoms. The number of carboxylic acids is 4. The van der Waals surface area contributed by atoms with Crippen LogP contribution in [-0.4, -0.2) is 125 Å². The maximum Gasteiger partial charge on any atom is 2.00 e. The van der Waals surface area contributed by atoms with E-state index in [1.807, 2.05) is 0 Å². The molecule has 0 aliphatic heterocycles. The van der Waals surface area contributed by atoms with Crippen LogP contribution in [0.3, 0.4) is 0 Å². The topological polar surface area (TPSA) is 432 Å². The number of hydrogen-bond donors (Lipinski definition) is 10. The third kappa shape index (κ3) is 14.4. The minimum absolute atomic E-state index is 0. The Morgan fingerprint density at radius 1 is 0.600 bits per heavy atom. The number of carbonyl (C=O) groups is 6. The molecule has 6 rings (SSSR count). The number of anilines is 4. The van der Waals surface area contributed by atoms with Crippen LogP contribution in [0.2, 0.25) is 0 Å². The van der Waals surface area contributed by atoms with E-state index in [4.69, 9.17) is 21.7 Å². The van der Waals surface area contributed by atoms with Crippen LogP contribution in [0.1, 0.15) is 57.8 Å². The minimum Gasteiger partial charge on any atom is -0.550 e. The summed E-state index contributed by atoms with van der Waals surface area (Å²) < 4.78 is 0. The summed E-state index contributed by atoms with van der Waals surface area (Å²) in [6.45, 7) is 0.450. The van der Waals surface area contributed by atoms with Crippen molar-refractivity contribution in [1.29, 1.82) is 0 Å². The fourth-order valence-corrected chi connectivity index (χ4v) is 5.50. The van der Waals surface area contributed by atoms with Crippen LogP contribution in [0.4, 0.5) is 23.3 Å². The van der Waals surface area contributed by atoms with Crippen LogP contribution >= 0.6 is 0 Å². The van der Waals surface area contributed by atoms with Gasteiger partial charge in [0.1, 0.15) is 12.1 Å². The largest absolute Gasteiger partial charge is 2.00 e. The van der Waals surface area contributed by atoms with Crippen molar-refractivity contribution in [3.05, 3.63) is 104 Å². The Kier molecular flexibility index (Phi) is 17.3. The predicted molar refractivity (Wildman–Crippen MR) is 224 cm³/mol. The van der Waals surface area contributed by atoms with E-state index in [0.29, 0.717) is 22.8 Å². The van der Waals surface area contributed by atoms with Crippen LogP contribution in [0, 0.1) is 0 Å². The molecule has 2 amide bonds. The number of nitrogens with zero attached hydrogens (tertiary/aromatic N) is 6. The van der Waals surface area contributed by atoms with E-state index in [0.717, 1.165) is 0 Å². The molecule has 12 N–H and O–H groups in total. The maximum absolute atomic E-state index is 12.3. The van der Waals surface area contributed by atoms with Gasteiger partial charge in [-0.3, -0.25) is 29.1 Å². The Morgan fingerprint density at radius 2 is 0.954 bits per heavy atom. The Labute approximate surface area is 383 Å². The van der Waals surface area contributed by atoms with Crippen LogP contribution in [-0.2, 0) is 32.3 Å². The number of nitrogens with two attached hydrogens (primary N) is 2. The summed E-state index contributed by atoms with van der Waals surface area (Å²) in [4.78, 5) is 121. The van der Waals surface area contributed by atoms with Crippen molar-refractivity contribution in [2.45, 2.75) is 50.9 Å². The Balaban J connectivity index is 0.000000280. The number of carboxylic acid groups (broad SMARTS) is 4. The second kappa shape index (κ2) is 22.8. The number of carbonyl (C=O) groups excluding carboxylic acids is 4. The average molecular weight is 1090 g/mol. The summed E-state index contributed by atoms with van der Waals surface area (Å²) in [5.41, 5.74) is 12.9. The van der Waals surface area contributed by atoms with Gasteiger partial charge in [0, 0.05) is 34.4 Å². The van der Waals surface area contributed by atoms with Gasteiger partial charge in [0.2, 0.25) is 11.9 Å². The summed E-state index contributed by atoms with van der Waals surface area (Å²) >= 11 is 0. The summed E-state index contributed by atoms with van der Waals surface area (Å²) in [5.74, 6) is -6.91. The quantitative estimate of drug-likeness (QED) is 0.0380. The van der Waals surface area contributed by atoms with E-state index < -0.39 is 71.7 Å². The van der Waals surface area contributed by atoms with Gasteiger partial charge in [0.15, 0.2) is 22.3 Å². The van der Waals surface area contributed by atoms with E-state index in [2.05, 4.69) is 61.1 Å². The van der Waals surface area contributed by atoms with Gasteiger partial charge in [-0.1, -0.05) is 0 Å². The second-order valence-electron chi connectivity index (χ2n) is 13.4. The molecule has 6 aromatic rings. The van der Waals surface area contributed by atoms with Crippen molar-refractivity contribution in [2.75, 3.05) is 22.1 Å². The van der Waals surface area contributed by atoms with E-state index in [-0.39, 0.29) is 98.6 Å². The van der Waals surface area contributed by atoms with Gasteiger partial charge in [-0.25, -0.2) is 29.5 Å². The number of nitrogen functional groups attached to an aromatic ring is 2. The summed E-state index contributed by atoms with van der Waals surface area (Å²) in [7, 11) is 0. The zero-order valence-electron chi connectivity index (χ0n) is 33.5. The molecule has 26 nitrogen and oxygen atoms in total. The zero-order valence-corrected chi connectivity index (χ0v) is 37.4. The number of rotatable bonds is 18. The van der Waals surface area contributed by atoms with Gasteiger partial charge in [-0.15, -0.1) is 0 Å². The standard InChI is InChI=1S/2C19H19N7O6.Pb/c2*20-19-25-15-14(17(30)26-19)23-11(8-22-15)7-21-10-3-1-9(2-4-10)16(29)24-12(18(31)32)5-6-13(27)28;/h2*1-4,8,12,21H,5-7H2,(H,24,29)(H,27,28)(H,31,32)(H3,20,22,25,26,30);/q;;+2/p-2. The SMILES string of the molecule is Nc1nc2ncc(CNc3ccc(C(=O)NC(CCC(=O)[O-])C(=O)O)cc3)nc2c(=O)[nH]1.Nc1nc2ncc(CNc3ccc(C(=O)NC(CCC(=O)[O-])C(=O)O)cc3)nc2c(=O)[nH]1.[Pb+2]. The Hall–Kier alpha value is -8.18. The third-order valence-electron chi connectivity index (χ3n) is 8.69. The number of hydrogen-bond acceptors (Lipinski definition) is 20. The molecule has 4 aromatic heterocycles. The first-order valence-electron chi connectivity index (χ1n) is 18.6. The number of H-pyrrole nitrogens is 2. The molecule has 0 bridgehead atoms. The van der Waals surface area contributed by atoms with Gasteiger partial charge in [0.05, 0.1) is 36.9 Å². The van der Waals surface area contributed by atoms with Crippen molar-refractivity contribution in [3.63, 3.8) is 0 Å². The molecular formula is C38H36N14O12Pb. The molecule has 2 aromatic carbocycles. The smallest absolute Gasteiger partial charge is 0.550 e. The van der Waals surface area contributed by atoms with Gasteiger partial charge in [0.25, 0.3) is 22.9 Å². The molecule has 0 aliphatic carbocycles. The first-order chi connectivity index (χ1) is 30.4. The van der Waals surface area contributed by atoms with Crippen LogP contribution in [0.15, 0.2) is 70.5 Å². The summed E-state index contributed by atoms with van der Waals surface area (Å²) in [6.07, 6.45) is 1.32. The van der Waals surface area contributed by atoms with E-state index in [9.17, 15) is 48.6 Å². The zero-order chi connectivity index (χ0) is 46.5. The fourth-order valence-electron chi connectivity index (χ4n) is 5.50. The normalized spacial score (nSPS) is 11.4. The third-order valence-corrected chi connectivity index (χ3v) is 8.69. The van der Waals surface area contributed by atoms with Gasteiger partial charge in [-0.05, 0) is 74.2 Å². The fraction of sp³-hybridized carbons (Fsp3) is 0.211. The molecule has 0 aliphatic rings. The van der Waals surface area contributed by atoms with E-state index in [1.54, 1.807) is 24.3 Å². The maximum atomic E-state index is 12.3. The molecule has 0 spiro atoms. The number of fused-ring (bicyclic) bond motifs is 2. The molecular weight excluding hydrogens is 1050 g/mol. The molecule has 0 fully saturated rings. The van der Waals surface area contributed by atoms with Gasteiger partial charge >= 0.3 is 39.2 Å². The number of aliphatic carboxylic acids is 4. The number of benzene rings is 2. The molecule has 4 heterocycles. The Morgan fingerprint density at radius 3 is 1.28 bits per heavy atom. The molecule has 27 heteroatoms. The average Bonchev–Trinajstić information content (AvgIpc) is 3.25. The minimum atomic E-state index is -1.40. The van der Waals surface area contributed by atoms with E-state index >= 15 is 0 Å². The number of aromatic nitrogens is 8. The molecule has 2 unspecified atom stereocenters. The number of aromatic amines is 2. The van der Waals surface area contributed by atoms with Crippen LogP contribution in [0.25, 0.3) is 22.3 Å². The summed E-state index contributed by atoms with van der Waals surface area (Å²) in [5, 5.41) is 49.9. The molecule has 334 valence electrons. The molecule has 0 saturated heterocycles. The summed E-state index contributed by atoms with van der Waals surface area (Å²) in [6, 6.07) is 9.56. The first kappa shape index (κ1) is 49.5. The molecule has 0 saturated carbocycles. The first-order valence-corrected chi connectivity index (χ1v) is 18.6. The van der Waals surface area contributed by atoms with Crippen molar-refractivity contribution in [3.8, 4) is 0 Å². The monoisotopic (exact) mass is 1090 g/mol. The molecule has 2 radical (unpaired) electrons. The number of amides is 2. The van der Waals surface area contributed by atoms with Crippen molar-refractivity contribution in [1.82, 2.24) is 50.5 Å². The van der Waals surface area contributed by atoms with E-state index in [1.165, 1.54) is 36.7 Å². The van der Waals surface area contributed by atoms with Crippen LogP contribution in [0.5, 0.6) is 0 Å². The number of nitrogens with one attached hydrogen (secondary N) is 6. The predicted octanol–water partition coefficient (Wildman–Crippen LogP) is -3.14. The Bertz CT molecular complexity index is 2650. The van der Waals surface area contributed by atoms with Crippen molar-refractivity contribution in [2.24, 2.45) is 0 Å². The van der Waals surface area contributed by atoms with Crippen molar-refractivity contribution >= 4 is 109 Å². The van der Waals surface area contributed by atoms with Gasteiger partial charge in [-0.2, -0.15) is 9.97 Å². The second-order valence-corrected chi connectivity index (χ2v) is 13.4. The van der Waals surface area contributed by atoms with Crippen molar-refractivity contribution < 1.29 is 49.2 Å². The van der Waals surface area contributed by atoms with Crippen LogP contribution < -0.4 is 54.1 Å². The molecule has 2 atom stereocenters. The van der Waals surface area contributed by atoms with Gasteiger partial charge < -0.3 is 62.7 Å².